The molecule has 4 saturated carbocycles. The van der Waals surface area contributed by atoms with Crippen LogP contribution in [0.5, 0.6) is 0 Å². The van der Waals surface area contributed by atoms with Crippen molar-refractivity contribution < 1.29 is 19.1 Å². The molecule has 132 valence electrons. The Balaban J connectivity index is 1.52. The van der Waals surface area contributed by atoms with E-state index < -0.39 is 12.0 Å². The lowest BCUT2D eigenvalue weighted by Crippen LogP contribution is -2.50. The first-order chi connectivity index (χ1) is 11.4. The average molecular weight is 335 g/mol. The van der Waals surface area contributed by atoms with E-state index >= 15 is 0 Å². The van der Waals surface area contributed by atoms with Gasteiger partial charge in [0.1, 0.15) is 13.2 Å². The SMILES string of the molecule is C=C(C)C(=O)OCC(COC(=O)C12CC3CC(CC(C3)C1)C2)N=O. The first-order valence-electron chi connectivity index (χ1n) is 8.74. The maximum atomic E-state index is 12.7. The molecular weight excluding hydrogens is 310 g/mol. The quantitative estimate of drug-likeness (QED) is 0.406. The van der Waals surface area contributed by atoms with Crippen LogP contribution in [0.25, 0.3) is 0 Å². The third-order valence-corrected chi connectivity index (χ3v) is 5.78. The van der Waals surface area contributed by atoms with Crippen LogP contribution in [0.1, 0.15) is 45.4 Å². The minimum absolute atomic E-state index is 0.131. The summed E-state index contributed by atoms with van der Waals surface area (Å²) in [5.41, 5.74) is -0.0958. The van der Waals surface area contributed by atoms with Crippen LogP contribution in [0.15, 0.2) is 17.3 Å². The molecule has 4 aliphatic rings. The van der Waals surface area contributed by atoms with Gasteiger partial charge in [0.05, 0.1) is 5.41 Å². The molecule has 0 heterocycles. The van der Waals surface area contributed by atoms with Crippen molar-refractivity contribution in [3.8, 4) is 0 Å². The summed E-state index contributed by atoms with van der Waals surface area (Å²) in [7, 11) is 0. The summed E-state index contributed by atoms with van der Waals surface area (Å²) in [6, 6.07) is -0.869. The predicted molar refractivity (Wildman–Crippen MR) is 86.9 cm³/mol. The van der Waals surface area contributed by atoms with Crippen molar-refractivity contribution in [2.24, 2.45) is 28.3 Å². The molecule has 4 rings (SSSR count). The molecule has 0 spiro atoms. The van der Waals surface area contributed by atoms with Crippen molar-refractivity contribution in [1.29, 1.82) is 0 Å². The van der Waals surface area contributed by atoms with E-state index in [9.17, 15) is 14.5 Å². The highest BCUT2D eigenvalue weighted by molar-refractivity contribution is 5.86. The largest absolute Gasteiger partial charge is 0.463 e. The summed E-state index contributed by atoms with van der Waals surface area (Å²) < 4.78 is 10.3. The molecule has 6 heteroatoms. The number of rotatable bonds is 7. The van der Waals surface area contributed by atoms with Crippen molar-refractivity contribution in [3.05, 3.63) is 17.1 Å². The van der Waals surface area contributed by atoms with Gasteiger partial charge in [-0.3, -0.25) is 4.79 Å². The Bertz CT molecular complexity index is 520. The van der Waals surface area contributed by atoms with E-state index in [0.717, 1.165) is 19.3 Å². The lowest BCUT2D eigenvalue weighted by molar-refractivity contribution is -0.172. The summed E-state index contributed by atoms with van der Waals surface area (Å²) in [5, 5.41) is 2.90. The average Bonchev–Trinajstić information content (AvgIpc) is 2.53. The van der Waals surface area contributed by atoms with E-state index in [-0.39, 0.29) is 30.2 Å². The lowest BCUT2D eigenvalue weighted by Gasteiger charge is -2.55. The summed E-state index contributed by atoms with van der Waals surface area (Å²) in [4.78, 5) is 34.9. The zero-order chi connectivity index (χ0) is 17.3. The highest BCUT2D eigenvalue weighted by Crippen LogP contribution is 2.60. The minimum Gasteiger partial charge on any atom is -0.463 e. The minimum atomic E-state index is -0.869. The second kappa shape index (κ2) is 6.65. The molecule has 0 N–H and O–H groups in total. The second-order valence-electron chi connectivity index (χ2n) is 7.93. The maximum Gasteiger partial charge on any atom is 0.333 e. The van der Waals surface area contributed by atoms with E-state index in [1.165, 1.54) is 26.2 Å². The summed E-state index contributed by atoms with van der Waals surface area (Å²) in [6.07, 6.45) is 6.51. The molecule has 0 aromatic heterocycles. The van der Waals surface area contributed by atoms with E-state index in [4.69, 9.17) is 9.47 Å². The van der Waals surface area contributed by atoms with Crippen LogP contribution in [0, 0.1) is 28.1 Å². The fraction of sp³-hybridized carbons (Fsp3) is 0.778. The van der Waals surface area contributed by atoms with Gasteiger partial charge in [-0.2, -0.15) is 4.91 Å². The highest BCUT2D eigenvalue weighted by atomic mass is 16.5. The van der Waals surface area contributed by atoms with Gasteiger partial charge in [-0.15, -0.1) is 0 Å². The second-order valence-corrected chi connectivity index (χ2v) is 7.93. The van der Waals surface area contributed by atoms with Crippen LogP contribution < -0.4 is 0 Å². The van der Waals surface area contributed by atoms with Gasteiger partial charge in [0.2, 0.25) is 0 Å². The third kappa shape index (κ3) is 3.37. The van der Waals surface area contributed by atoms with E-state index in [0.29, 0.717) is 17.8 Å². The van der Waals surface area contributed by atoms with Gasteiger partial charge >= 0.3 is 11.9 Å². The molecular formula is C18H25NO5. The van der Waals surface area contributed by atoms with Gasteiger partial charge < -0.3 is 9.47 Å². The van der Waals surface area contributed by atoms with Gasteiger partial charge in [0.15, 0.2) is 6.04 Å². The molecule has 0 saturated heterocycles. The van der Waals surface area contributed by atoms with E-state index in [2.05, 4.69) is 11.8 Å². The predicted octanol–water partition coefficient (Wildman–Crippen LogP) is 3.00. The Hall–Kier alpha value is -1.72. The van der Waals surface area contributed by atoms with Crippen LogP contribution in [0.2, 0.25) is 0 Å². The van der Waals surface area contributed by atoms with Crippen molar-refractivity contribution in [1.82, 2.24) is 0 Å². The van der Waals surface area contributed by atoms with E-state index in [1.807, 2.05) is 0 Å². The number of carbonyl (C=O) groups is 2. The van der Waals surface area contributed by atoms with Crippen molar-refractivity contribution in [3.63, 3.8) is 0 Å². The first-order valence-corrected chi connectivity index (χ1v) is 8.74. The molecule has 0 radical (unpaired) electrons. The molecule has 4 bridgehead atoms. The monoisotopic (exact) mass is 335 g/mol. The topological polar surface area (TPSA) is 82.0 Å². The van der Waals surface area contributed by atoms with Gasteiger partial charge in [-0.05, 0) is 63.2 Å². The summed E-state index contributed by atoms with van der Waals surface area (Å²) >= 11 is 0. The molecule has 4 aliphatic carbocycles. The Morgan fingerprint density at radius 1 is 1.08 bits per heavy atom. The number of nitroso groups, excluding NO2 is 1. The molecule has 4 fully saturated rings. The molecule has 24 heavy (non-hydrogen) atoms. The Kier molecular flexibility index (Phi) is 4.74. The zero-order valence-electron chi connectivity index (χ0n) is 14.2. The number of hydrogen-bond donors (Lipinski definition) is 0. The molecule has 1 unspecified atom stereocenters. The van der Waals surface area contributed by atoms with Crippen LogP contribution in [0.3, 0.4) is 0 Å². The molecule has 1 atom stereocenters. The Morgan fingerprint density at radius 2 is 1.58 bits per heavy atom. The first kappa shape index (κ1) is 17.1. The standard InChI is InChI=1S/C18H25NO5/c1-11(2)16(20)23-9-15(19-22)10-24-17(21)18-6-12-3-13(7-18)5-14(4-12)8-18/h12-15H,1,3-10H2,2H3. The molecule has 0 aromatic carbocycles. The van der Waals surface area contributed by atoms with Crippen molar-refractivity contribution in [2.75, 3.05) is 13.2 Å². The van der Waals surface area contributed by atoms with Crippen molar-refractivity contribution >= 4 is 11.9 Å². The molecule has 0 amide bonds. The number of carbonyl (C=O) groups excluding carboxylic acids is 2. The van der Waals surface area contributed by atoms with E-state index in [1.54, 1.807) is 0 Å². The summed E-state index contributed by atoms with van der Waals surface area (Å²) in [5.74, 6) is 1.19. The zero-order valence-corrected chi connectivity index (χ0v) is 14.2. The molecule has 0 aliphatic heterocycles. The number of esters is 2. The van der Waals surface area contributed by atoms with Crippen molar-refractivity contribution in [2.45, 2.75) is 51.5 Å². The molecule has 0 aromatic rings. The van der Waals surface area contributed by atoms with Gasteiger partial charge in [0.25, 0.3) is 0 Å². The number of hydrogen-bond acceptors (Lipinski definition) is 6. The Morgan fingerprint density at radius 3 is 2.04 bits per heavy atom. The van der Waals surface area contributed by atoms with Gasteiger partial charge in [-0.1, -0.05) is 11.8 Å². The number of nitrogens with zero attached hydrogens (tertiary/aromatic N) is 1. The molecule has 6 nitrogen and oxygen atoms in total. The number of ether oxygens (including phenoxy) is 2. The van der Waals surface area contributed by atoms with Gasteiger partial charge in [-0.25, -0.2) is 4.79 Å². The van der Waals surface area contributed by atoms with Gasteiger partial charge in [0, 0.05) is 5.57 Å². The smallest absolute Gasteiger partial charge is 0.333 e. The summed E-state index contributed by atoms with van der Waals surface area (Å²) in [6.45, 7) is 4.67. The maximum absolute atomic E-state index is 12.7. The van der Waals surface area contributed by atoms with Crippen LogP contribution >= 0.6 is 0 Å². The Labute approximate surface area is 141 Å². The fourth-order valence-electron chi connectivity index (χ4n) is 5.09. The van der Waals surface area contributed by atoms with Crippen LogP contribution in [-0.2, 0) is 19.1 Å². The van der Waals surface area contributed by atoms with Crippen LogP contribution in [0.4, 0.5) is 0 Å². The van der Waals surface area contributed by atoms with Crippen LogP contribution in [-0.4, -0.2) is 31.2 Å². The normalized spacial score (nSPS) is 34.5. The third-order valence-electron chi connectivity index (χ3n) is 5.78. The highest BCUT2D eigenvalue weighted by Gasteiger charge is 2.55. The fourth-order valence-corrected chi connectivity index (χ4v) is 5.09. The lowest BCUT2D eigenvalue weighted by atomic mass is 9.49.